The van der Waals surface area contributed by atoms with E-state index < -0.39 is 0 Å². The second kappa shape index (κ2) is 4.31. The molecule has 0 saturated carbocycles. The minimum absolute atomic E-state index is 0.257. The molecule has 1 aromatic carbocycles. The predicted molar refractivity (Wildman–Crippen MR) is 74.1 cm³/mol. The Bertz CT molecular complexity index is 768. The molecule has 0 unspecified atom stereocenters. The number of pyridine rings is 2. The van der Waals surface area contributed by atoms with E-state index in [0.717, 1.165) is 27.7 Å². The lowest BCUT2D eigenvalue weighted by Gasteiger charge is -2.07. The number of nitrogens with zero attached hydrogens (tertiary/aromatic N) is 2. The fraction of sp³-hybridized carbons (Fsp3) is 0.0667. The van der Waals surface area contributed by atoms with Crippen LogP contribution in [0.25, 0.3) is 22.2 Å². The van der Waals surface area contributed by atoms with Gasteiger partial charge in [-0.05, 0) is 42.8 Å². The first-order valence-corrected chi connectivity index (χ1v) is 5.92. The molecule has 0 aliphatic carbocycles. The van der Waals surface area contributed by atoms with Crippen molar-refractivity contribution in [2.24, 2.45) is 0 Å². The maximum absolute atomic E-state index is 13.1. The number of benzene rings is 1. The lowest BCUT2D eigenvalue weighted by molar-refractivity contribution is 0.629. The predicted octanol–water partition coefficient (Wildman–Crippen LogP) is 3.33. The van der Waals surface area contributed by atoms with E-state index in [0.29, 0.717) is 5.82 Å². The molecule has 0 saturated heterocycles. The Labute approximate surface area is 109 Å². The van der Waals surface area contributed by atoms with Crippen LogP contribution < -0.4 is 5.73 Å². The number of halogens is 1. The molecule has 3 rings (SSSR count). The van der Waals surface area contributed by atoms with Crippen molar-refractivity contribution in [1.29, 1.82) is 0 Å². The highest BCUT2D eigenvalue weighted by molar-refractivity contribution is 5.82. The van der Waals surface area contributed by atoms with Crippen molar-refractivity contribution in [2.75, 3.05) is 5.73 Å². The van der Waals surface area contributed by atoms with Gasteiger partial charge in [0.05, 0.1) is 11.2 Å². The summed E-state index contributed by atoms with van der Waals surface area (Å²) in [6.07, 6.45) is 1.71. The van der Waals surface area contributed by atoms with Gasteiger partial charge >= 0.3 is 0 Å². The molecule has 0 bridgehead atoms. The minimum atomic E-state index is -0.257. The molecule has 2 heterocycles. The molecule has 3 aromatic rings. The molecule has 0 fully saturated rings. The molecular formula is C15H12FN3. The summed E-state index contributed by atoms with van der Waals surface area (Å²) in [4.78, 5) is 8.62. The van der Waals surface area contributed by atoms with Crippen LogP contribution in [0.3, 0.4) is 0 Å². The van der Waals surface area contributed by atoms with Crippen molar-refractivity contribution in [3.8, 4) is 11.3 Å². The van der Waals surface area contributed by atoms with Crippen LogP contribution in [-0.2, 0) is 0 Å². The lowest BCUT2D eigenvalue weighted by Crippen LogP contribution is -1.94. The van der Waals surface area contributed by atoms with Gasteiger partial charge in [0.1, 0.15) is 11.6 Å². The van der Waals surface area contributed by atoms with E-state index in [1.54, 1.807) is 12.3 Å². The SMILES string of the molecule is Cc1cc(N)ncc1-c1ccc2cc(F)ccc2n1. The standard InChI is InChI=1S/C15H12FN3/c1-9-6-15(17)18-8-12(9)14-4-2-10-7-11(16)3-5-13(10)19-14/h2-8H,1H3,(H2,17,18). The third kappa shape index (κ3) is 2.12. The van der Waals surface area contributed by atoms with Gasteiger partial charge < -0.3 is 5.73 Å². The van der Waals surface area contributed by atoms with Crippen LogP contribution in [-0.4, -0.2) is 9.97 Å². The van der Waals surface area contributed by atoms with Crippen LogP contribution in [0, 0.1) is 12.7 Å². The topological polar surface area (TPSA) is 51.8 Å². The van der Waals surface area contributed by atoms with Crippen LogP contribution >= 0.6 is 0 Å². The van der Waals surface area contributed by atoms with Crippen LogP contribution in [0.15, 0.2) is 42.6 Å². The van der Waals surface area contributed by atoms with Crippen molar-refractivity contribution in [2.45, 2.75) is 6.92 Å². The first kappa shape index (κ1) is 11.6. The highest BCUT2D eigenvalue weighted by atomic mass is 19.1. The van der Waals surface area contributed by atoms with E-state index in [-0.39, 0.29) is 5.82 Å². The Morgan fingerprint density at radius 3 is 2.74 bits per heavy atom. The molecule has 0 radical (unpaired) electrons. The van der Waals surface area contributed by atoms with Crippen LogP contribution in [0.1, 0.15) is 5.56 Å². The van der Waals surface area contributed by atoms with Gasteiger partial charge in [0, 0.05) is 17.1 Å². The van der Waals surface area contributed by atoms with Crippen molar-refractivity contribution >= 4 is 16.7 Å². The highest BCUT2D eigenvalue weighted by Crippen LogP contribution is 2.24. The molecular weight excluding hydrogens is 241 g/mol. The summed E-state index contributed by atoms with van der Waals surface area (Å²) in [7, 11) is 0. The van der Waals surface area contributed by atoms with Crippen molar-refractivity contribution in [3.63, 3.8) is 0 Å². The number of nitrogens with two attached hydrogens (primary N) is 1. The first-order valence-electron chi connectivity index (χ1n) is 5.92. The fourth-order valence-corrected chi connectivity index (χ4v) is 2.09. The van der Waals surface area contributed by atoms with Crippen LogP contribution in [0.2, 0.25) is 0 Å². The van der Waals surface area contributed by atoms with Gasteiger partial charge in [0.2, 0.25) is 0 Å². The number of anilines is 1. The second-order valence-corrected chi connectivity index (χ2v) is 4.46. The van der Waals surface area contributed by atoms with Gasteiger partial charge in [-0.15, -0.1) is 0 Å². The molecule has 0 amide bonds. The van der Waals surface area contributed by atoms with Gasteiger partial charge in [-0.2, -0.15) is 0 Å². The first-order chi connectivity index (χ1) is 9.13. The van der Waals surface area contributed by atoms with Crippen molar-refractivity contribution < 1.29 is 4.39 Å². The number of fused-ring (bicyclic) bond motifs is 1. The minimum Gasteiger partial charge on any atom is -0.384 e. The van der Waals surface area contributed by atoms with Crippen LogP contribution in [0.4, 0.5) is 10.2 Å². The van der Waals surface area contributed by atoms with Gasteiger partial charge in [0.25, 0.3) is 0 Å². The summed E-state index contributed by atoms with van der Waals surface area (Å²) in [5, 5.41) is 0.782. The Kier molecular flexibility index (Phi) is 2.63. The summed E-state index contributed by atoms with van der Waals surface area (Å²) < 4.78 is 13.1. The number of aromatic nitrogens is 2. The van der Waals surface area contributed by atoms with E-state index in [4.69, 9.17) is 5.73 Å². The Morgan fingerprint density at radius 2 is 1.95 bits per heavy atom. The zero-order valence-electron chi connectivity index (χ0n) is 10.4. The molecule has 2 N–H and O–H groups in total. The zero-order valence-corrected chi connectivity index (χ0v) is 10.4. The average molecular weight is 253 g/mol. The van der Waals surface area contributed by atoms with E-state index >= 15 is 0 Å². The molecule has 0 atom stereocenters. The maximum Gasteiger partial charge on any atom is 0.123 e. The fourth-order valence-electron chi connectivity index (χ4n) is 2.09. The van der Waals surface area contributed by atoms with E-state index in [9.17, 15) is 4.39 Å². The largest absolute Gasteiger partial charge is 0.384 e. The highest BCUT2D eigenvalue weighted by Gasteiger charge is 2.06. The second-order valence-electron chi connectivity index (χ2n) is 4.46. The smallest absolute Gasteiger partial charge is 0.123 e. The summed E-state index contributed by atoms with van der Waals surface area (Å²) >= 11 is 0. The number of hydrogen-bond acceptors (Lipinski definition) is 3. The van der Waals surface area contributed by atoms with Gasteiger partial charge in [-0.3, -0.25) is 0 Å². The molecule has 4 heteroatoms. The lowest BCUT2D eigenvalue weighted by atomic mass is 10.1. The Morgan fingerprint density at radius 1 is 1.11 bits per heavy atom. The number of rotatable bonds is 1. The normalized spacial score (nSPS) is 10.8. The summed E-state index contributed by atoms with van der Waals surface area (Å²) in [6.45, 7) is 1.96. The quantitative estimate of drug-likeness (QED) is 0.723. The molecule has 0 aliphatic rings. The Balaban J connectivity index is 2.17. The van der Waals surface area contributed by atoms with E-state index in [1.165, 1.54) is 12.1 Å². The number of nitrogen functional groups attached to an aromatic ring is 1. The van der Waals surface area contributed by atoms with Crippen LogP contribution in [0.5, 0.6) is 0 Å². The molecule has 94 valence electrons. The van der Waals surface area contributed by atoms with Crippen molar-refractivity contribution in [3.05, 3.63) is 54.0 Å². The van der Waals surface area contributed by atoms with Crippen molar-refractivity contribution in [1.82, 2.24) is 9.97 Å². The average Bonchev–Trinajstić information content (AvgIpc) is 2.38. The number of aryl methyl sites for hydroxylation is 1. The van der Waals surface area contributed by atoms with E-state index in [2.05, 4.69) is 9.97 Å². The van der Waals surface area contributed by atoms with E-state index in [1.807, 2.05) is 25.1 Å². The third-order valence-corrected chi connectivity index (χ3v) is 3.06. The zero-order chi connectivity index (χ0) is 13.4. The number of hydrogen-bond donors (Lipinski definition) is 1. The van der Waals surface area contributed by atoms with Gasteiger partial charge in [-0.1, -0.05) is 6.07 Å². The third-order valence-electron chi connectivity index (χ3n) is 3.06. The van der Waals surface area contributed by atoms with Gasteiger partial charge in [-0.25, -0.2) is 14.4 Å². The molecule has 19 heavy (non-hydrogen) atoms. The summed E-state index contributed by atoms with van der Waals surface area (Å²) in [5.41, 5.74) is 9.15. The molecule has 0 aliphatic heterocycles. The summed E-state index contributed by atoms with van der Waals surface area (Å²) in [6, 6.07) is 10.1. The monoisotopic (exact) mass is 253 g/mol. The Hall–Kier alpha value is -2.49. The summed E-state index contributed by atoms with van der Waals surface area (Å²) in [5.74, 6) is 0.233. The molecule has 2 aromatic heterocycles. The molecule has 3 nitrogen and oxygen atoms in total. The molecule has 0 spiro atoms. The maximum atomic E-state index is 13.1. The van der Waals surface area contributed by atoms with Gasteiger partial charge in [0.15, 0.2) is 0 Å².